The summed E-state index contributed by atoms with van der Waals surface area (Å²) in [6.45, 7) is 3.05. The maximum atomic E-state index is 12.2. The minimum atomic E-state index is 0.0605. The molecule has 0 atom stereocenters. The van der Waals surface area contributed by atoms with E-state index in [1.807, 2.05) is 41.3 Å². The molecular weight excluding hydrogens is 330 g/mol. The van der Waals surface area contributed by atoms with Crippen LogP contribution in [0, 0.1) is 0 Å². The number of pyridine rings is 1. The fourth-order valence-electron chi connectivity index (χ4n) is 3.06. The molecule has 2 aromatic rings. The maximum Gasteiger partial charge on any atom is 0.260 e. The van der Waals surface area contributed by atoms with Crippen molar-refractivity contribution in [2.24, 2.45) is 0 Å². The average molecular weight is 355 g/mol. The van der Waals surface area contributed by atoms with E-state index >= 15 is 0 Å². The number of carbonyl (C=O) groups excluding carboxylic acids is 1. The molecule has 1 aromatic heterocycles. The van der Waals surface area contributed by atoms with Crippen LogP contribution in [0.15, 0.2) is 42.6 Å². The van der Waals surface area contributed by atoms with Crippen molar-refractivity contribution < 1.29 is 14.3 Å². The lowest BCUT2D eigenvalue weighted by molar-refractivity contribution is -0.132. The van der Waals surface area contributed by atoms with Crippen molar-refractivity contribution in [1.82, 2.24) is 15.2 Å². The van der Waals surface area contributed by atoms with Crippen molar-refractivity contribution in [3.05, 3.63) is 53.7 Å². The smallest absolute Gasteiger partial charge is 0.260 e. The van der Waals surface area contributed by atoms with E-state index in [9.17, 15) is 4.79 Å². The number of nitrogens with zero attached hydrogens (tertiary/aromatic N) is 2. The fourth-order valence-corrected chi connectivity index (χ4v) is 3.06. The zero-order valence-corrected chi connectivity index (χ0v) is 15.1. The van der Waals surface area contributed by atoms with Gasteiger partial charge in [-0.3, -0.25) is 4.79 Å². The van der Waals surface area contributed by atoms with E-state index in [4.69, 9.17) is 9.47 Å². The Kier molecular flexibility index (Phi) is 6.44. The van der Waals surface area contributed by atoms with Crippen molar-refractivity contribution in [2.75, 3.05) is 26.8 Å². The molecule has 0 bridgehead atoms. The van der Waals surface area contributed by atoms with E-state index in [2.05, 4.69) is 10.3 Å². The highest BCUT2D eigenvalue weighted by atomic mass is 16.5. The molecule has 1 aromatic carbocycles. The summed E-state index contributed by atoms with van der Waals surface area (Å²) in [4.78, 5) is 18.2. The SMILES string of the molecule is COc1ncccc1CNCc1ccccc1OCC(=O)N1CCCC1. The van der Waals surface area contributed by atoms with Crippen LogP contribution in [0.25, 0.3) is 0 Å². The molecule has 26 heavy (non-hydrogen) atoms. The molecule has 3 rings (SSSR count). The van der Waals surface area contributed by atoms with Crippen LogP contribution in [0.5, 0.6) is 11.6 Å². The van der Waals surface area contributed by atoms with Gasteiger partial charge in [0.2, 0.25) is 5.88 Å². The molecular formula is C20H25N3O3. The Hall–Kier alpha value is -2.60. The average Bonchev–Trinajstić information content (AvgIpc) is 3.22. The first kappa shape index (κ1) is 18.2. The van der Waals surface area contributed by atoms with Crippen molar-refractivity contribution >= 4 is 5.91 Å². The Bertz CT molecular complexity index is 730. The third-order valence-corrected chi connectivity index (χ3v) is 4.46. The summed E-state index contributed by atoms with van der Waals surface area (Å²) in [6, 6.07) is 11.7. The second-order valence-corrected chi connectivity index (χ2v) is 6.26. The van der Waals surface area contributed by atoms with E-state index in [1.165, 1.54) is 0 Å². The zero-order valence-electron chi connectivity index (χ0n) is 15.1. The molecule has 1 fully saturated rings. The summed E-state index contributed by atoms with van der Waals surface area (Å²) < 4.78 is 11.1. The minimum Gasteiger partial charge on any atom is -0.483 e. The van der Waals surface area contributed by atoms with E-state index in [-0.39, 0.29) is 12.5 Å². The van der Waals surface area contributed by atoms with Gasteiger partial charge in [0.05, 0.1) is 7.11 Å². The van der Waals surface area contributed by atoms with Gasteiger partial charge < -0.3 is 19.7 Å². The predicted octanol–water partition coefficient (Wildman–Crippen LogP) is 2.38. The first-order valence-corrected chi connectivity index (χ1v) is 8.95. The number of benzene rings is 1. The van der Waals surface area contributed by atoms with Gasteiger partial charge in [0.1, 0.15) is 5.75 Å². The van der Waals surface area contributed by atoms with E-state index in [0.717, 1.165) is 42.8 Å². The van der Waals surface area contributed by atoms with Crippen LogP contribution in [-0.4, -0.2) is 42.6 Å². The first-order valence-electron chi connectivity index (χ1n) is 8.95. The van der Waals surface area contributed by atoms with Gasteiger partial charge in [0, 0.05) is 43.5 Å². The van der Waals surface area contributed by atoms with Crippen LogP contribution in [0.1, 0.15) is 24.0 Å². The summed E-state index contributed by atoms with van der Waals surface area (Å²) in [5.41, 5.74) is 2.02. The predicted molar refractivity (Wildman–Crippen MR) is 99.1 cm³/mol. The molecule has 6 nitrogen and oxygen atoms in total. The van der Waals surface area contributed by atoms with Crippen molar-refractivity contribution in [3.8, 4) is 11.6 Å². The molecule has 0 saturated carbocycles. The van der Waals surface area contributed by atoms with Crippen LogP contribution < -0.4 is 14.8 Å². The van der Waals surface area contributed by atoms with Crippen molar-refractivity contribution in [2.45, 2.75) is 25.9 Å². The third kappa shape index (κ3) is 4.73. The molecule has 1 N–H and O–H groups in total. The van der Waals surface area contributed by atoms with Crippen LogP contribution in [0.4, 0.5) is 0 Å². The molecule has 1 saturated heterocycles. The second-order valence-electron chi connectivity index (χ2n) is 6.26. The van der Waals surface area contributed by atoms with Gasteiger partial charge in [-0.25, -0.2) is 4.98 Å². The Morgan fingerprint density at radius 2 is 1.85 bits per heavy atom. The highest BCUT2D eigenvalue weighted by molar-refractivity contribution is 5.78. The number of ether oxygens (including phenoxy) is 2. The standard InChI is InChI=1S/C20H25N3O3/c1-25-20-17(8-6-10-22-20)14-21-13-16-7-2-3-9-18(16)26-15-19(24)23-11-4-5-12-23/h2-3,6-10,21H,4-5,11-15H2,1H3. The van der Waals surface area contributed by atoms with Gasteiger partial charge in [0.15, 0.2) is 6.61 Å². The molecule has 1 amide bonds. The normalized spacial score (nSPS) is 13.7. The largest absolute Gasteiger partial charge is 0.483 e. The molecule has 1 aliphatic heterocycles. The topological polar surface area (TPSA) is 63.7 Å². The van der Waals surface area contributed by atoms with E-state index in [0.29, 0.717) is 19.0 Å². The quantitative estimate of drug-likeness (QED) is 0.788. The van der Waals surface area contributed by atoms with Crippen LogP contribution in [0.2, 0.25) is 0 Å². The highest BCUT2D eigenvalue weighted by Crippen LogP contribution is 2.19. The van der Waals surface area contributed by atoms with Crippen LogP contribution in [-0.2, 0) is 17.9 Å². The Morgan fingerprint density at radius 1 is 1.12 bits per heavy atom. The molecule has 1 aliphatic rings. The number of aromatic nitrogens is 1. The van der Waals surface area contributed by atoms with Crippen LogP contribution >= 0.6 is 0 Å². The number of methoxy groups -OCH3 is 1. The Balaban J connectivity index is 1.54. The number of hydrogen-bond acceptors (Lipinski definition) is 5. The Morgan fingerprint density at radius 3 is 2.65 bits per heavy atom. The van der Waals surface area contributed by atoms with Gasteiger partial charge in [-0.2, -0.15) is 0 Å². The maximum absolute atomic E-state index is 12.2. The third-order valence-electron chi connectivity index (χ3n) is 4.46. The lowest BCUT2D eigenvalue weighted by atomic mass is 10.2. The number of nitrogens with one attached hydrogen (secondary N) is 1. The number of rotatable bonds is 8. The lowest BCUT2D eigenvalue weighted by Crippen LogP contribution is -2.32. The minimum absolute atomic E-state index is 0.0605. The molecule has 138 valence electrons. The molecule has 0 unspecified atom stereocenters. The zero-order chi connectivity index (χ0) is 18.2. The number of carbonyl (C=O) groups is 1. The molecule has 0 aliphatic carbocycles. The molecule has 6 heteroatoms. The van der Waals surface area contributed by atoms with Gasteiger partial charge in [-0.05, 0) is 25.0 Å². The summed E-state index contributed by atoms with van der Waals surface area (Å²) >= 11 is 0. The number of amides is 1. The van der Waals surface area contributed by atoms with E-state index in [1.54, 1.807) is 13.3 Å². The van der Waals surface area contributed by atoms with Crippen molar-refractivity contribution in [1.29, 1.82) is 0 Å². The first-order chi connectivity index (χ1) is 12.8. The van der Waals surface area contributed by atoms with Gasteiger partial charge in [0.25, 0.3) is 5.91 Å². The number of para-hydroxylation sites is 1. The molecule has 0 radical (unpaired) electrons. The number of hydrogen-bond donors (Lipinski definition) is 1. The van der Waals surface area contributed by atoms with Gasteiger partial charge in [-0.15, -0.1) is 0 Å². The summed E-state index contributed by atoms with van der Waals surface area (Å²) in [6.07, 6.45) is 3.89. The summed E-state index contributed by atoms with van der Waals surface area (Å²) in [5, 5.41) is 3.38. The van der Waals surface area contributed by atoms with E-state index < -0.39 is 0 Å². The van der Waals surface area contributed by atoms with Crippen molar-refractivity contribution in [3.63, 3.8) is 0 Å². The second kappa shape index (κ2) is 9.20. The molecule has 2 heterocycles. The molecule has 0 spiro atoms. The van der Waals surface area contributed by atoms with Crippen LogP contribution in [0.3, 0.4) is 0 Å². The monoisotopic (exact) mass is 355 g/mol. The Labute approximate surface area is 154 Å². The van der Waals surface area contributed by atoms with Gasteiger partial charge in [-0.1, -0.05) is 24.3 Å². The fraction of sp³-hybridized carbons (Fsp3) is 0.400. The highest BCUT2D eigenvalue weighted by Gasteiger charge is 2.18. The summed E-state index contributed by atoms with van der Waals surface area (Å²) in [7, 11) is 1.62. The van der Waals surface area contributed by atoms with Gasteiger partial charge >= 0.3 is 0 Å². The summed E-state index contributed by atoms with van der Waals surface area (Å²) in [5.74, 6) is 1.43. The number of likely N-dealkylation sites (tertiary alicyclic amines) is 1. The lowest BCUT2D eigenvalue weighted by Gasteiger charge is -2.17.